The first-order valence-corrected chi connectivity index (χ1v) is 7.05. The summed E-state index contributed by atoms with van der Waals surface area (Å²) in [6.45, 7) is 2.58. The molecule has 3 nitrogen and oxygen atoms in total. The molecular weight excluding hydrogens is 253 g/mol. The topological polar surface area (TPSA) is 40.5 Å². The maximum atomic E-state index is 13.4. The van der Waals surface area contributed by atoms with Gasteiger partial charge in [-0.25, -0.2) is 4.39 Å². The summed E-state index contributed by atoms with van der Waals surface area (Å²) >= 11 is 1.72. The van der Waals surface area contributed by atoms with Gasteiger partial charge in [0, 0.05) is 24.4 Å². The lowest BCUT2D eigenvalue weighted by Crippen LogP contribution is -2.21. The van der Waals surface area contributed by atoms with E-state index in [1.165, 1.54) is 13.0 Å². The van der Waals surface area contributed by atoms with Crippen LogP contribution in [0.25, 0.3) is 0 Å². The number of phenols is 1. The first-order valence-electron chi connectivity index (χ1n) is 5.65. The zero-order valence-electron chi connectivity index (χ0n) is 10.9. The summed E-state index contributed by atoms with van der Waals surface area (Å²) in [7, 11) is 1.90. The van der Waals surface area contributed by atoms with E-state index in [2.05, 4.69) is 0 Å². The number of carbonyl (C=O) groups excluding carboxylic acids is 1. The second-order valence-corrected chi connectivity index (χ2v) is 5.23. The molecule has 1 aromatic carbocycles. The quantitative estimate of drug-likeness (QED) is 0.807. The molecule has 0 radical (unpaired) electrons. The van der Waals surface area contributed by atoms with Gasteiger partial charge >= 0.3 is 0 Å². The van der Waals surface area contributed by atoms with Crippen molar-refractivity contribution in [3.63, 3.8) is 0 Å². The number of carbonyl (C=O) groups is 1. The predicted molar refractivity (Wildman–Crippen MR) is 72.8 cm³/mol. The van der Waals surface area contributed by atoms with Gasteiger partial charge in [-0.3, -0.25) is 4.79 Å². The Morgan fingerprint density at radius 1 is 1.50 bits per heavy atom. The van der Waals surface area contributed by atoms with E-state index < -0.39 is 5.82 Å². The van der Waals surface area contributed by atoms with Crippen LogP contribution >= 0.6 is 11.8 Å². The number of benzene rings is 1. The van der Waals surface area contributed by atoms with E-state index in [4.69, 9.17) is 0 Å². The number of Topliss-reactive ketones (excluding diaryl/α,β-unsaturated/α-hetero) is 1. The van der Waals surface area contributed by atoms with Crippen LogP contribution in [0.2, 0.25) is 0 Å². The molecule has 0 aliphatic heterocycles. The molecule has 0 fully saturated rings. The second kappa shape index (κ2) is 6.75. The van der Waals surface area contributed by atoms with Crippen LogP contribution in [0.5, 0.6) is 5.75 Å². The molecule has 0 aliphatic carbocycles. The van der Waals surface area contributed by atoms with Gasteiger partial charge in [0.1, 0.15) is 11.6 Å². The minimum Gasteiger partial charge on any atom is -0.507 e. The van der Waals surface area contributed by atoms with Gasteiger partial charge < -0.3 is 10.0 Å². The van der Waals surface area contributed by atoms with Gasteiger partial charge in [-0.1, -0.05) is 0 Å². The van der Waals surface area contributed by atoms with E-state index in [0.717, 1.165) is 18.4 Å². The smallest absolute Gasteiger partial charge is 0.163 e. The Balaban J connectivity index is 2.91. The lowest BCUT2D eigenvalue weighted by Gasteiger charge is -2.17. The highest BCUT2D eigenvalue weighted by atomic mass is 32.2. The van der Waals surface area contributed by atoms with Gasteiger partial charge in [-0.05, 0) is 32.4 Å². The molecule has 0 atom stereocenters. The Morgan fingerprint density at radius 3 is 2.72 bits per heavy atom. The molecule has 1 rings (SSSR count). The monoisotopic (exact) mass is 271 g/mol. The molecule has 0 bridgehead atoms. The van der Waals surface area contributed by atoms with E-state index in [9.17, 15) is 14.3 Å². The lowest BCUT2D eigenvalue weighted by molar-refractivity contribution is 0.101. The van der Waals surface area contributed by atoms with Gasteiger partial charge in [-0.2, -0.15) is 11.8 Å². The van der Waals surface area contributed by atoms with Crippen LogP contribution in [0.4, 0.5) is 4.39 Å². The highest BCUT2D eigenvalue weighted by molar-refractivity contribution is 7.98. The molecule has 0 spiro atoms. The number of halogens is 1. The second-order valence-electron chi connectivity index (χ2n) is 4.25. The fourth-order valence-electron chi connectivity index (χ4n) is 1.66. The zero-order valence-corrected chi connectivity index (χ0v) is 11.7. The third-order valence-corrected chi connectivity index (χ3v) is 3.24. The molecule has 0 unspecified atom stereocenters. The van der Waals surface area contributed by atoms with Crippen molar-refractivity contribution in [3.05, 3.63) is 29.1 Å². The van der Waals surface area contributed by atoms with Crippen molar-refractivity contribution in [3.8, 4) is 5.75 Å². The van der Waals surface area contributed by atoms with Crippen LogP contribution < -0.4 is 0 Å². The Hall–Kier alpha value is -1.07. The van der Waals surface area contributed by atoms with E-state index >= 15 is 0 Å². The SMILES string of the molecule is CSCCN(C)Cc1cc(F)cc(C(C)=O)c1O. The number of aromatic hydroxyl groups is 1. The number of rotatable bonds is 6. The molecule has 5 heteroatoms. The largest absolute Gasteiger partial charge is 0.507 e. The summed E-state index contributed by atoms with van der Waals surface area (Å²) in [4.78, 5) is 13.3. The maximum absolute atomic E-state index is 13.4. The number of thioether (sulfide) groups is 1. The van der Waals surface area contributed by atoms with Gasteiger partial charge in [0.15, 0.2) is 5.78 Å². The number of phenolic OH excluding ortho intramolecular Hbond substituents is 1. The standard InChI is InChI=1S/C13H18FNO2S/c1-9(16)12-7-11(14)6-10(13(12)17)8-15(2)4-5-18-3/h6-7,17H,4-5,8H2,1-3H3. The minimum absolute atomic E-state index is 0.0447. The molecule has 100 valence electrons. The maximum Gasteiger partial charge on any atom is 0.163 e. The van der Waals surface area contributed by atoms with E-state index in [0.29, 0.717) is 12.1 Å². The molecule has 0 saturated heterocycles. The van der Waals surface area contributed by atoms with Crippen molar-refractivity contribution >= 4 is 17.5 Å². The van der Waals surface area contributed by atoms with Gasteiger partial charge in [0.05, 0.1) is 5.56 Å². The third kappa shape index (κ3) is 3.99. The van der Waals surface area contributed by atoms with Crippen molar-refractivity contribution in [2.45, 2.75) is 13.5 Å². The Labute approximate surface area is 111 Å². The number of nitrogens with zero attached hydrogens (tertiary/aromatic N) is 1. The normalized spacial score (nSPS) is 10.9. The van der Waals surface area contributed by atoms with Gasteiger partial charge in [0.2, 0.25) is 0 Å². The van der Waals surface area contributed by atoms with Crippen LogP contribution in [0.3, 0.4) is 0 Å². The van der Waals surface area contributed by atoms with Crippen LogP contribution in [-0.4, -0.2) is 41.4 Å². The van der Waals surface area contributed by atoms with Gasteiger partial charge in [0.25, 0.3) is 0 Å². The first kappa shape index (κ1) is 15.0. The fraction of sp³-hybridized carbons (Fsp3) is 0.462. The summed E-state index contributed by atoms with van der Waals surface area (Å²) < 4.78 is 13.4. The molecule has 1 aromatic rings. The molecule has 1 N–H and O–H groups in total. The minimum atomic E-state index is -0.494. The van der Waals surface area contributed by atoms with Crippen molar-refractivity contribution in [1.29, 1.82) is 0 Å². The average Bonchev–Trinajstić information content (AvgIpc) is 2.30. The average molecular weight is 271 g/mol. The van der Waals surface area contributed by atoms with Crippen LogP contribution in [-0.2, 0) is 6.54 Å². The molecule has 18 heavy (non-hydrogen) atoms. The summed E-state index contributed by atoms with van der Waals surface area (Å²) in [6.07, 6.45) is 2.02. The van der Waals surface area contributed by atoms with E-state index in [1.807, 2.05) is 18.2 Å². The molecule has 0 amide bonds. The molecule has 0 aromatic heterocycles. The summed E-state index contributed by atoms with van der Waals surface area (Å²) in [6, 6.07) is 2.35. The highest BCUT2D eigenvalue weighted by Gasteiger charge is 2.14. The van der Waals surface area contributed by atoms with Crippen molar-refractivity contribution < 1.29 is 14.3 Å². The zero-order chi connectivity index (χ0) is 13.7. The Bertz CT molecular complexity index is 437. The van der Waals surface area contributed by atoms with E-state index in [-0.39, 0.29) is 17.1 Å². The predicted octanol–water partition coefficient (Wildman–Crippen LogP) is 2.53. The van der Waals surface area contributed by atoms with Crippen molar-refractivity contribution in [1.82, 2.24) is 4.90 Å². The molecule has 0 aliphatic rings. The molecule has 0 heterocycles. The third-order valence-electron chi connectivity index (χ3n) is 2.65. The summed E-state index contributed by atoms with van der Waals surface area (Å²) in [5.41, 5.74) is 0.493. The lowest BCUT2D eigenvalue weighted by atomic mass is 10.1. The highest BCUT2D eigenvalue weighted by Crippen LogP contribution is 2.25. The number of hydrogen-bond acceptors (Lipinski definition) is 4. The summed E-state index contributed by atoms with van der Waals surface area (Å²) in [5, 5.41) is 9.94. The van der Waals surface area contributed by atoms with Crippen LogP contribution in [0.15, 0.2) is 12.1 Å². The van der Waals surface area contributed by atoms with Crippen molar-refractivity contribution in [2.24, 2.45) is 0 Å². The Kier molecular flexibility index (Phi) is 5.62. The number of hydrogen-bond donors (Lipinski definition) is 1. The Morgan fingerprint density at radius 2 is 2.17 bits per heavy atom. The van der Waals surface area contributed by atoms with Crippen molar-refractivity contribution in [2.75, 3.05) is 25.6 Å². The fourth-order valence-corrected chi connectivity index (χ4v) is 2.16. The number of ketones is 1. The van der Waals surface area contributed by atoms with Crippen LogP contribution in [0.1, 0.15) is 22.8 Å². The molecular formula is C13H18FNO2S. The first-order chi connectivity index (χ1) is 8.45. The summed E-state index contributed by atoms with van der Waals surface area (Å²) in [5.74, 6) is 0.0257. The molecule has 0 saturated carbocycles. The van der Waals surface area contributed by atoms with Crippen LogP contribution in [0, 0.1) is 5.82 Å². The van der Waals surface area contributed by atoms with E-state index in [1.54, 1.807) is 11.8 Å². The van der Waals surface area contributed by atoms with Gasteiger partial charge in [-0.15, -0.1) is 0 Å².